The molecule has 2 saturated carbocycles. The summed E-state index contributed by atoms with van der Waals surface area (Å²) in [5.74, 6) is 4.37. The van der Waals surface area contributed by atoms with E-state index in [-0.39, 0.29) is 17.6 Å². The Bertz CT molecular complexity index is 1520. The second-order valence-corrected chi connectivity index (χ2v) is 13.9. The number of rotatable bonds is 12. The monoisotopic (exact) mass is 621 g/mol. The van der Waals surface area contributed by atoms with Crippen LogP contribution in [0.5, 0.6) is 17.2 Å². The molecule has 3 aromatic rings. The van der Waals surface area contributed by atoms with Crippen molar-refractivity contribution in [2.45, 2.75) is 96.6 Å². The first-order valence-electron chi connectivity index (χ1n) is 17.5. The first-order chi connectivity index (χ1) is 22.4. The Kier molecular flexibility index (Phi) is 9.91. The minimum atomic E-state index is -0.221. The van der Waals surface area contributed by atoms with Crippen molar-refractivity contribution in [2.24, 2.45) is 17.8 Å². The van der Waals surface area contributed by atoms with E-state index in [1.165, 1.54) is 55.2 Å². The summed E-state index contributed by atoms with van der Waals surface area (Å²) in [5, 5.41) is 9.71. The molecule has 3 N–H and O–H groups in total. The molecule has 46 heavy (non-hydrogen) atoms. The number of ether oxygens (including phenoxy) is 2. The Labute approximate surface area is 275 Å². The second-order valence-electron chi connectivity index (χ2n) is 13.9. The first-order valence-corrected chi connectivity index (χ1v) is 17.5. The minimum absolute atomic E-state index is 0.00645. The number of urea groups is 1. The molecule has 0 aliphatic heterocycles. The van der Waals surface area contributed by atoms with Crippen molar-refractivity contribution in [3.05, 3.63) is 83.4 Å². The largest absolute Gasteiger partial charge is 0.493 e. The Morgan fingerprint density at radius 2 is 1.65 bits per heavy atom. The molecule has 0 saturated heterocycles. The molecule has 1 unspecified atom stereocenters. The average molecular weight is 622 g/mol. The van der Waals surface area contributed by atoms with Gasteiger partial charge in [-0.1, -0.05) is 70.7 Å². The summed E-state index contributed by atoms with van der Waals surface area (Å²) in [6.45, 7) is 6.54. The van der Waals surface area contributed by atoms with Crippen molar-refractivity contribution in [2.75, 3.05) is 17.7 Å². The zero-order chi connectivity index (χ0) is 32.1. The van der Waals surface area contributed by atoms with Gasteiger partial charge in [0, 0.05) is 23.5 Å². The first kappa shape index (κ1) is 32.0. The minimum Gasteiger partial charge on any atom is -0.493 e. The summed E-state index contributed by atoms with van der Waals surface area (Å²) in [6.07, 6.45) is 17.1. The maximum Gasteiger partial charge on any atom is 0.319 e. The van der Waals surface area contributed by atoms with Crippen molar-refractivity contribution in [3.63, 3.8) is 0 Å². The van der Waals surface area contributed by atoms with Gasteiger partial charge in [0.1, 0.15) is 5.75 Å². The van der Waals surface area contributed by atoms with Gasteiger partial charge in [-0.3, -0.25) is 0 Å². The number of fused-ring (bicyclic) bond motifs is 1. The summed E-state index contributed by atoms with van der Waals surface area (Å²) in [7, 11) is 1.60. The van der Waals surface area contributed by atoms with Crippen molar-refractivity contribution >= 4 is 23.5 Å². The van der Waals surface area contributed by atoms with E-state index < -0.39 is 0 Å². The van der Waals surface area contributed by atoms with Crippen molar-refractivity contribution < 1.29 is 14.3 Å². The summed E-state index contributed by atoms with van der Waals surface area (Å²) in [4.78, 5) is 12.4. The zero-order valence-electron chi connectivity index (χ0n) is 28.0. The number of nitrogens with one attached hydrogen (secondary N) is 3. The quantitative estimate of drug-likeness (QED) is 0.188. The van der Waals surface area contributed by atoms with E-state index in [1.807, 2.05) is 24.3 Å². The highest BCUT2D eigenvalue weighted by atomic mass is 16.5. The molecule has 244 valence electrons. The summed E-state index contributed by atoms with van der Waals surface area (Å²) in [6, 6.07) is 20.6. The molecular weight excluding hydrogens is 570 g/mol. The van der Waals surface area contributed by atoms with Gasteiger partial charge < -0.3 is 25.4 Å². The SMILES string of the molecule is CCC(CC)NC(=O)Nc1ccc(Oc2ccc(NC3(c4ccc5c(c4)C=CC(CC4CCC(C)CC4)C5)CC3)cc2)c(OC)c1. The van der Waals surface area contributed by atoms with Gasteiger partial charge in [-0.15, -0.1) is 0 Å². The molecule has 2 fully saturated rings. The van der Waals surface area contributed by atoms with Crippen LogP contribution in [0.15, 0.2) is 66.7 Å². The Balaban J connectivity index is 1.05. The van der Waals surface area contributed by atoms with Gasteiger partial charge in [-0.25, -0.2) is 4.79 Å². The highest BCUT2D eigenvalue weighted by Gasteiger charge is 2.44. The van der Waals surface area contributed by atoms with Crippen LogP contribution >= 0.6 is 0 Å². The van der Waals surface area contributed by atoms with E-state index >= 15 is 0 Å². The molecule has 3 aromatic carbocycles. The third-order valence-corrected chi connectivity index (χ3v) is 10.5. The number of carbonyl (C=O) groups is 1. The topological polar surface area (TPSA) is 71.6 Å². The predicted octanol–water partition coefficient (Wildman–Crippen LogP) is 10.3. The van der Waals surface area contributed by atoms with Crippen LogP contribution in [0.2, 0.25) is 0 Å². The van der Waals surface area contributed by atoms with E-state index in [2.05, 4.69) is 79.2 Å². The van der Waals surface area contributed by atoms with Gasteiger partial charge in [0.05, 0.1) is 12.6 Å². The molecule has 1 atom stereocenters. The van der Waals surface area contributed by atoms with E-state index in [1.54, 1.807) is 13.2 Å². The molecule has 0 radical (unpaired) electrons. The Morgan fingerprint density at radius 3 is 2.35 bits per heavy atom. The number of hydrogen-bond acceptors (Lipinski definition) is 4. The lowest BCUT2D eigenvalue weighted by Gasteiger charge is -2.30. The summed E-state index contributed by atoms with van der Waals surface area (Å²) < 4.78 is 11.8. The fraction of sp³-hybridized carbons (Fsp3) is 0.475. The number of allylic oxidation sites excluding steroid dienone is 1. The van der Waals surface area contributed by atoms with E-state index in [0.29, 0.717) is 23.1 Å². The van der Waals surface area contributed by atoms with Gasteiger partial charge in [-0.2, -0.15) is 0 Å². The van der Waals surface area contributed by atoms with Crippen LogP contribution < -0.4 is 25.4 Å². The Hall–Kier alpha value is -3.93. The fourth-order valence-corrected chi connectivity index (χ4v) is 7.27. The fourth-order valence-electron chi connectivity index (χ4n) is 7.27. The molecule has 6 nitrogen and oxygen atoms in total. The van der Waals surface area contributed by atoms with Crippen LogP contribution in [0.25, 0.3) is 6.08 Å². The molecule has 6 rings (SSSR count). The number of amides is 2. The third kappa shape index (κ3) is 7.71. The molecule has 3 aliphatic carbocycles. The molecule has 3 aliphatic rings. The molecule has 6 heteroatoms. The lowest BCUT2D eigenvalue weighted by Crippen LogP contribution is -2.37. The molecule has 0 aromatic heterocycles. The normalized spacial score (nSPS) is 21.3. The third-order valence-electron chi connectivity index (χ3n) is 10.5. The summed E-state index contributed by atoms with van der Waals surface area (Å²) >= 11 is 0. The summed E-state index contributed by atoms with van der Waals surface area (Å²) in [5.41, 5.74) is 5.99. The smallest absolute Gasteiger partial charge is 0.319 e. The lowest BCUT2D eigenvalue weighted by atomic mass is 9.76. The predicted molar refractivity (Wildman–Crippen MR) is 189 cm³/mol. The van der Waals surface area contributed by atoms with E-state index in [4.69, 9.17) is 9.47 Å². The van der Waals surface area contributed by atoms with E-state index in [0.717, 1.165) is 49.0 Å². The van der Waals surface area contributed by atoms with Gasteiger partial charge in [0.15, 0.2) is 11.5 Å². The van der Waals surface area contributed by atoms with Crippen LogP contribution in [0.1, 0.15) is 95.2 Å². The number of anilines is 2. The van der Waals surface area contributed by atoms with Gasteiger partial charge >= 0.3 is 6.03 Å². The second kappa shape index (κ2) is 14.2. The number of benzene rings is 3. The lowest BCUT2D eigenvalue weighted by molar-refractivity contribution is 0.247. The average Bonchev–Trinajstić information content (AvgIpc) is 3.86. The van der Waals surface area contributed by atoms with Crippen LogP contribution in [-0.4, -0.2) is 19.2 Å². The molecule has 2 amide bonds. The highest BCUT2D eigenvalue weighted by molar-refractivity contribution is 5.89. The number of methoxy groups -OCH3 is 1. The van der Waals surface area contributed by atoms with Gasteiger partial charge in [0.25, 0.3) is 0 Å². The number of carbonyl (C=O) groups excluding carboxylic acids is 1. The molecular formula is C40H51N3O3. The number of hydrogen-bond donors (Lipinski definition) is 3. The van der Waals surface area contributed by atoms with Gasteiger partial charge in [-0.05, 0) is 115 Å². The van der Waals surface area contributed by atoms with Crippen LogP contribution in [-0.2, 0) is 12.0 Å². The van der Waals surface area contributed by atoms with Gasteiger partial charge in [0.2, 0.25) is 0 Å². The van der Waals surface area contributed by atoms with E-state index in [9.17, 15) is 4.79 Å². The Morgan fingerprint density at radius 1 is 0.913 bits per heavy atom. The molecule has 0 spiro atoms. The highest BCUT2D eigenvalue weighted by Crippen LogP contribution is 2.49. The van der Waals surface area contributed by atoms with Crippen LogP contribution in [0.3, 0.4) is 0 Å². The maximum atomic E-state index is 12.4. The van der Waals surface area contributed by atoms with Crippen LogP contribution in [0.4, 0.5) is 16.2 Å². The standard InChI is InChI=1S/C40H51N3O3/c1-5-33(6-2)41-39(44)42-35-17-20-37(38(26-35)45-4)46-36-18-15-34(16-19-36)43-40(21-22-40)32-14-13-30-24-29(11-12-31(30)25-32)23-28-9-7-27(3)8-10-28/h11-20,25-29,33,43H,5-10,21-24H2,1-4H3,(H2,41,42,44). The van der Waals surface area contributed by atoms with Crippen molar-refractivity contribution in [1.29, 1.82) is 0 Å². The molecule has 0 bridgehead atoms. The van der Waals surface area contributed by atoms with Crippen molar-refractivity contribution in [1.82, 2.24) is 5.32 Å². The molecule has 0 heterocycles. The van der Waals surface area contributed by atoms with Crippen molar-refractivity contribution in [3.8, 4) is 17.2 Å². The van der Waals surface area contributed by atoms with Crippen LogP contribution in [0, 0.1) is 17.8 Å². The zero-order valence-corrected chi connectivity index (χ0v) is 28.0. The maximum absolute atomic E-state index is 12.4.